The van der Waals surface area contributed by atoms with Crippen LogP contribution in [0.2, 0.25) is 0 Å². The summed E-state index contributed by atoms with van der Waals surface area (Å²) in [4.78, 5) is 11.0. The molecule has 3 heteroatoms. The van der Waals surface area contributed by atoms with Gasteiger partial charge in [0.15, 0.2) is 0 Å². The van der Waals surface area contributed by atoms with Gasteiger partial charge in [0.05, 0.1) is 6.42 Å². The van der Waals surface area contributed by atoms with Crippen molar-refractivity contribution in [2.45, 2.75) is 26.1 Å². The molecule has 1 saturated heterocycles. The first-order chi connectivity index (χ1) is 6.54. The number of hydrogen-bond donors (Lipinski definition) is 0. The normalized spacial score (nSPS) is 26.0. The molecule has 14 heavy (non-hydrogen) atoms. The summed E-state index contributed by atoms with van der Waals surface area (Å²) in [6, 6.07) is 0. The van der Waals surface area contributed by atoms with E-state index < -0.39 is 6.29 Å². The van der Waals surface area contributed by atoms with Crippen molar-refractivity contribution in [2.75, 3.05) is 7.11 Å². The van der Waals surface area contributed by atoms with Gasteiger partial charge >= 0.3 is 5.97 Å². The second kappa shape index (κ2) is 4.42. The van der Waals surface area contributed by atoms with E-state index in [2.05, 4.69) is 13.2 Å². The molecule has 2 unspecified atom stereocenters. The quantitative estimate of drug-likeness (QED) is 0.510. The summed E-state index contributed by atoms with van der Waals surface area (Å²) < 4.78 is 10.0. The summed E-state index contributed by atoms with van der Waals surface area (Å²) in [6.07, 6.45) is 0.697. The molecule has 1 aliphatic rings. The monoisotopic (exact) mass is 196 g/mol. The van der Waals surface area contributed by atoms with Gasteiger partial charge < -0.3 is 9.47 Å². The van der Waals surface area contributed by atoms with Gasteiger partial charge in [-0.25, -0.2) is 0 Å². The van der Waals surface area contributed by atoms with Gasteiger partial charge in [-0.3, -0.25) is 4.79 Å². The van der Waals surface area contributed by atoms with E-state index in [0.717, 1.165) is 11.1 Å². The predicted molar refractivity (Wildman–Crippen MR) is 53.6 cm³/mol. The summed E-state index contributed by atoms with van der Waals surface area (Å²) in [5, 5.41) is 0. The highest BCUT2D eigenvalue weighted by Gasteiger charge is 2.34. The number of esters is 1. The van der Waals surface area contributed by atoms with E-state index in [4.69, 9.17) is 9.47 Å². The highest BCUT2D eigenvalue weighted by atomic mass is 16.7. The van der Waals surface area contributed by atoms with Gasteiger partial charge in [-0.1, -0.05) is 24.3 Å². The zero-order valence-electron chi connectivity index (χ0n) is 8.71. The van der Waals surface area contributed by atoms with Crippen molar-refractivity contribution >= 4 is 5.97 Å². The van der Waals surface area contributed by atoms with Crippen molar-refractivity contribution in [1.29, 1.82) is 0 Å². The van der Waals surface area contributed by atoms with E-state index >= 15 is 0 Å². The first-order valence-corrected chi connectivity index (χ1v) is 4.60. The van der Waals surface area contributed by atoms with E-state index in [1.165, 1.54) is 0 Å². The van der Waals surface area contributed by atoms with Crippen molar-refractivity contribution in [1.82, 2.24) is 0 Å². The van der Waals surface area contributed by atoms with Crippen molar-refractivity contribution in [3.63, 3.8) is 0 Å². The highest BCUT2D eigenvalue weighted by Crippen LogP contribution is 2.29. The van der Waals surface area contributed by atoms with Crippen LogP contribution in [0.1, 0.15) is 19.8 Å². The maximum Gasteiger partial charge on any atom is 0.308 e. The van der Waals surface area contributed by atoms with Gasteiger partial charge in [0.2, 0.25) is 6.29 Å². The maximum atomic E-state index is 11.0. The molecule has 78 valence electrons. The smallest absolute Gasteiger partial charge is 0.308 e. The van der Waals surface area contributed by atoms with Crippen LogP contribution < -0.4 is 0 Å². The molecule has 0 aromatic carbocycles. The molecule has 0 bridgehead atoms. The fraction of sp³-hybridized carbons (Fsp3) is 0.545. The number of carbonyl (C=O) groups excluding carboxylic acids is 1. The molecule has 1 aliphatic heterocycles. The van der Waals surface area contributed by atoms with Crippen molar-refractivity contribution in [2.24, 2.45) is 5.92 Å². The highest BCUT2D eigenvalue weighted by molar-refractivity contribution is 5.71. The van der Waals surface area contributed by atoms with Crippen LogP contribution in [0.5, 0.6) is 0 Å². The number of cyclic esters (lactones) is 1. The van der Waals surface area contributed by atoms with Gasteiger partial charge in [0.25, 0.3) is 0 Å². The third kappa shape index (κ3) is 2.45. The van der Waals surface area contributed by atoms with E-state index in [9.17, 15) is 4.79 Å². The van der Waals surface area contributed by atoms with E-state index in [-0.39, 0.29) is 11.9 Å². The van der Waals surface area contributed by atoms with Crippen molar-refractivity contribution < 1.29 is 14.3 Å². The molecule has 3 nitrogen and oxygen atoms in total. The Morgan fingerprint density at radius 1 is 1.64 bits per heavy atom. The summed E-state index contributed by atoms with van der Waals surface area (Å²) in [5.41, 5.74) is 1.90. The second-order valence-electron chi connectivity index (χ2n) is 3.65. The van der Waals surface area contributed by atoms with Crippen molar-refractivity contribution in [3.05, 3.63) is 24.3 Å². The predicted octanol–water partition coefficient (Wildman–Crippen LogP) is 2.04. The Morgan fingerprint density at radius 2 is 2.29 bits per heavy atom. The zero-order valence-corrected chi connectivity index (χ0v) is 8.71. The molecule has 1 fully saturated rings. The molecule has 1 rings (SSSR count). The lowest BCUT2D eigenvalue weighted by Gasteiger charge is -2.16. The van der Waals surface area contributed by atoms with Crippen LogP contribution in [0.3, 0.4) is 0 Å². The van der Waals surface area contributed by atoms with Gasteiger partial charge in [-0.2, -0.15) is 0 Å². The maximum absolute atomic E-state index is 11.0. The first kappa shape index (κ1) is 11.0. The number of methoxy groups -OCH3 is 1. The van der Waals surface area contributed by atoms with Crippen LogP contribution in [0.15, 0.2) is 24.3 Å². The molecule has 0 amide bonds. The average Bonchev–Trinajstić information content (AvgIpc) is 2.45. The fourth-order valence-corrected chi connectivity index (χ4v) is 1.48. The van der Waals surface area contributed by atoms with Crippen LogP contribution in [0.25, 0.3) is 0 Å². The average molecular weight is 196 g/mol. The molecule has 0 aromatic rings. The fourth-order valence-electron chi connectivity index (χ4n) is 1.48. The third-order valence-electron chi connectivity index (χ3n) is 2.41. The summed E-state index contributed by atoms with van der Waals surface area (Å²) in [5.74, 6) is -0.118. The zero-order chi connectivity index (χ0) is 10.7. The molecule has 0 saturated carbocycles. The molecule has 0 radical (unpaired) electrons. The topological polar surface area (TPSA) is 35.5 Å². The Kier molecular flexibility index (Phi) is 3.47. The second-order valence-corrected chi connectivity index (χ2v) is 3.65. The molecule has 2 atom stereocenters. The molecule has 0 aliphatic carbocycles. The van der Waals surface area contributed by atoms with Gasteiger partial charge in [0.1, 0.15) is 0 Å². The summed E-state index contributed by atoms with van der Waals surface area (Å²) >= 11 is 0. The largest absolute Gasteiger partial charge is 0.435 e. The Labute approximate surface area is 84.4 Å². The summed E-state index contributed by atoms with van der Waals surface area (Å²) in [7, 11) is 1.54. The molecule has 0 aromatic heterocycles. The van der Waals surface area contributed by atoms with Gasteiger partial charge in [0, 0.05) is 13.0 Å². The molecular weight excluding hydrogens is 180 g/mol. The summed E-state index contributed by atoms with van der Waals surface area (Å²) in [6.45, 7) is 9.59. The minimum absolute atomic E-state index is 0.0803. The van der Waals surface area contributed by atoms with Crippen molar-refractivity contribution in [3.8, 4) is 0 Å². The van der Waals surface area contributed by atoms with Crippen LogP contribution in [0.4, 0.5) is 0 Å². The Morgan fingerprint density at radius 3 is 2.79 bits per heavy atom. The lowest BCUT2D eigenvalue weighted by atomic mass is 9.95. The Hall–Kier alpha value is -1.09. The standard InChI is InChI=1S/C11H16O3/c1-7(2)8(3)5-9-6-10(12)14-11(9)13-4/h9,11H,1,3,5-6H2,2,4H3. The number of allylic oxidation sites excluding steroid dienone is 2. The van der Waals surface area contributed by atoms with Crippen LogP contribution in [-0.2, 0) is 14.3 Å². The molecular formula is C11H16O3. The lowest BCUT2D eigenvalue weighted by Crippen LogP contribution is -2.18. The van der Waals surface area contributed by atoms with Crippen LogP contribution in [0, 0.1) is 5.92 Å². The van der Waals surface area contributed by atoms with E-state index in [1.807, 2.05) is 6.92 Å². The van der Waals surface area contributed by atoms with E-state index in [1.54, 1.807) is 7.11 Å². The van der Waals surface area contributed by atoms with Gasteiger partial charge in [-0.15, -0.1) is 0 Å². The Bertz CT molecular complexity index is 268. The van der Waals surface area contributed by atoms with Gasteiger partial charge in [-0.05, 0) is 13.3 Å². The number of rotatable bonds is 4. The molecule has 1 heterocycles. The molecule has 0 spiro atoms. The first-order valence-electron chi connectivity index (χ1n) is 4.60. The minimum Gasteiger partial charge on any atom is -0.435 e. The Balaban J connectivity index is 2.55. The SMILES string of the molecule is C=C(C)C(=C)CC1CC(=O)OC1OC. The van der Waals surface area contributed by atoms with Crippen LogP contribution >= 0.6 is 0 Å². The lowest BCUT2D eigenvalue weighted by molar-refractivity contribution is -0.161. The minimum atomic E-state index is -0.418. The number of carbonyl (C=O) groups is 1. The van der Waals surface area contributed by atoms with E-state index in [0.29, 0.717) is 12.8 Å². The number of hydrogen-bond acceptors (Lipinski definition) is 3. The molecule has 0 N–H and O–H groups in total. The third-order valence-corrected chi connectivity index (χ3v) is 2.41. The van der Waals surface area contributed by atoms with Crippen LogP contribution in [-0.4, -0.2) is 19.4 Å². The number of ether oxygens (including phenoxy) is 2.